The van der Waals surface area contributed by atoms with E-state index in [1.165, 1.54) is 24.6 Å². The van der Waals surface area contributed by atoms with Crippen LogP contribution in [-0.4, -0.2) is 25.8 Å². The zero-order valence-corrected chi connectivity index (χ0v) is 16.2. The highest BCUT2D eigenvalue weighted by atomic mass is 19.1. The number of H-pyrrole nitrogens is 1. The number of nitrogens with two attached hydrogens (primary N) is 1. The molecule has 3 heterocycles. The Morgan fingerprint density at radius 3 is 2.71 bits per heavy atom. The second kappa shape index (κ2) is 8.95. The van der Waals surface area contributed by atoms with Crippen molar-refractivity contribution in [2.24, 2.45) is 10.7 Å². The summed E-state index contributed by atoms with van der Waals surface area (Å²) in [6.07, 6.45) is 5.88. The molecule has 0 aliphatic carbocycles. The summed E-state index contributed by atoms with van der Waals surface area (Å²) in [5, 5.41) is 3.87. The lowest BCUT2D eigenvalue weighted by Crippen LogP contribution is -2.16. The molecular weight excluding hydrogens is 399 g/mol. The third-order valence-corrected chi connectivity index (χ3v) is 4.38. The minimum atomic E-state index is -0.383. The third-order valence-electron chi connectivity index (χ3n) is 4.38. The van der Waals surface area contributed by atoms with Crippen molar-refractivity contribution >= 4 is 11.4 Å². The van der Waals surface area contributed by atoms with Gasteiger partial charge in [0.15, 0.2) is 5.82 Å². The molecule has 3 aromatic heterocycles. The molecule has 0 unspecified atom stereocenters. The Hall–Kier alpha value is -4.40. The molecule has 1 aromatic carbocycles. The summed E-state index contributed by atoms with van der Waals surface area (Å²) in [6.45, 7) is 0.0706. The average Bonchev–Trinajstić information content (AvgIpc) is 3.33. The fraction of sp³-hybridized carbons (Fsp3) is 0.0455. The van der Waals surface area contributed by atoms with E-state index in [0.29, 0.717) is 28.2 Å². The fourth-order valence-corrected chi connectivity index (χ4v) is 2.80. The molecule has 0 spiro atoms. The van der Waals surface area contributed by atoms with Crippen molar-refractivity contribution in [3.05, 3.63) is 107 Å². The standard InChI is InChI=1S/C22H17FN6O2/c23-16-6-2-1-5-14(16)12-26-20(19-8-10-31-29-19)11-17(24)21-27-13-15(22(30)28-21)18-7-3-4-9-25-18/h1-11,13H,12,24H2,(H,27,28,30)/b17-11-,26-20?. The van der Waals surface area contributed by atoms with Gasteiger partial charge in [-0.25, -0.2) is 9.37 Å². The van der Waals surface area contributed by atoms with Gasteiger partial charge in [-0.1, -0.05) is 29.4 Å². The molecule has 8 nitrogen and oxygen atoms in total. The van der Waals surface area contributed by atoms with Gasteiger partial charge in [0.25, 0.3) is 5.56 Å². The summed E-state index contributed by atoms with van der Waals surface area (Å²) in [5.41, 5.74) is 7.93. The van der Waals surface area contributed by atoms with E-state index in [2.05, 4.69) is 25.1 Å². The number of halogens is 1. The molecular formula is C22H17FN6O2. The van der Waals surface area contributed by atoms with Gasteiger partial charge < -0.3 is 15.2 Å². The van der Waals surface area contributed by atoms with Crippen LogP contribution in [0.5, 0.6) is 0 Å². The Labute approximate surface area is 176 Å². The first-order chi connectivity index (χ1) is 15.1. The highest BCUT2D eigenvalue weighted by molar-refractivity contribution is 6.10. The number of allylic oxidation sites excluding steroid dienone is 1. The van der Waals surface area contributed by atoms with Gasteiger partial charge >= 0.3 is 0 Å². The number of rotatable bonds is 6. The number of nitrogens with zero attached hydrogens (tertiary/aromatic N) is 4. The van der Waals surface area contributed by atoms with Gasteiger partial charge in [-0.2, -0.15) is 0 Å². The van der Waals surface area contributed by atoms with Crippen LogP contribution in [0.2, 0.25) is 0 Å². The Morgan fingerprint density at radius 1 is 1.16 bits per heavy atom. The lowest BCUT2D eigenvalue weighted by atomic mass is 10.2. The summed E-state index contributed by atoms with van der Waals surface area (Å²) < 4.78 is 18.8. The highest BCUT2D eigenvalue weighted by Gasteiger charge is 2.11. The molecule has 0 amide bonds. The molecule has 0 radical (unpaired) electrons. The lowest BCUT2D eigenvalue weighted by molar-refractivity contribution is 0.418. The maximum atomic E-state index is 13.9. The van der Waals surface area contributed by atoms with Crippen LogP contribution in [0.15, 0.2) is 87.6 Å². The van der Waals surface area contributed by atoms with E-state index in [-0.39, 0.29) is 29.4 Å². The number of pyridine rings is 1. The molecule has 0 bridgehead atoms. The minimum Gasteiger partial charge on any atom is -0.396 e. The van der Waals surface area contributed by atoms with Crippen LogP contribution in [0.1, 0.15) is 17.1 Å². The van der Waals surface area contributed by atoms with Crippen LogP contribution in [0.25, 0.3) is 17.0 Å². The summed E-state index contributed by atoms with van der Waals surface area (Å²) >= 11 is 0. The van der Waals surface area contributed by atoms with E-state index in [1.54, 1.807) is 48.7 Å². The van der Waals surface area contributed by atoms with E-state index < -0.39 is 0 Å². The van der Waals surface area contributed by atoms with Crippen molar-refractivity contribution < 1.29 is 8.91 Å². The largest absolute Gasteiger partial charge is 0.396 e. The molecule has 31 heavy (non-hydrogen) atoms. The highest BCUT2D eigenvalue weighted by Crippen LogP contribution is 2.13. The Kier molecular flexibility index (Phi) is 5.75. The van der Waals surface area contributed by atoms with Crippen molar-refractivity contribution in [3.8, 4) is 11.3 Å². The quantitative estimate of drug-likeness (QED) is 0.466. The number of aromatic amines is 1. The van der Waals surface area contributed by atoms with Crippen molar-refractivity contribution in [3.63, 3.8) is 0 Å². The van der Waals surface area contributed by atoms with Gasteiger partial charge in [-0.3, -0.25) is 14.8 Å². The fourth-order valence-electron chi connectivity index (χ4n) is 2.80. The van der Waals surface area contributed by atoms with E-state index in [4.69, 9.17) is 10.3 Å². The van der Waals surface area contributed by atoms with Crippen LogP contribution < -0.4 is 11.3 Å². The molecule has 0 aliphatic rings. The van der Waals surface area contributed by atoms with Crippen LogP contribution in [0, 0.1) is 5.82 Å². The first-order valence-electron chi connectivity index (χ1n) is 9.28. The van der Waals surface area contributed by atoms with Crippen molar-refractivity contribution in [1.82, 2.24) is 20.1 Å². The molecule has 3 N–H and O–H groups in total. The van der Waals surface area contributed by atoms with E-state index >= 15 is 0 Å². The molecule has 0 saturated carbocycles. The molecule has 0 fully saturated rings. The average molecular weight is 416 g/mol. The van der Waals surface area contributed by atoms with Crippen LogP contribution in [0.4, 0.5) is 4.39 Å². The normalized spacial score (nSPS) is 12.2. The predicted molar refractivity (Wildman–Crippen MR) is 113 cm³/mol. The predicted octanol–water partition coefficient (Wildman–Crippen LogP) is 2.95. The maximum Gasteiger partial charge on any atom is 0.260 e. The molecule has 4 aromatic rings. The van der Waals surface area contributed by atoms with Gasteiger partial charge in [0.2, 0.25) is 0 Å². The number of benzene rings is 1. The van der Waals surface area contributed by atoms with Crippen molar-refractivity contribution in [1.29, 1.82) is 0 Å². The minimum absolute atomic E-state index is 0.0706. The number of hydrogen-bond donors (Lipinski definition) is 2. The summed E-state index contributed by atoms with van der Waals surface area (Å²) in [5.74, 6) is -0.203. The molecule has 0 aliphatic heterocycles. The molecule has 0 atom stereocenters. The summed E-state index contributed by atoms with van der Waals surface area (Å²) in [4.78, 5) is 27.9. The first-order valence-corrected chi connectivity index (χ1v) is 9.28. The van der Waals surface area contributed by atoms with Gasteiger partial charge in [0.05, 0.1) is 29.2 Å². The lowest BCUT2D eigenvalue weighted by Gasteiger charge is -2.05. The zero-order chi connectivity index (χ0) is 21.6. The van der Waals surface area contributed by atoms with Crippen molar-refractivity contribution in [2.45, 2.75) is 6.54 Å². The Balaban J connectivity index is 1.66. The van der Waals surface area contributed by atoms with Gasteiger partial charge in [0.1, 0.15) is 17.8 Å². The second-order valence-corrected chi connectivity index (χ2v) is 6.47. The monoisotopic (exact) mass is 416 g/mol. The zero-order valence-electron chi connectivity index (χ0n) is 16.2. The molecule has 0 saturated heterocycles. The Bertz CT molecular complexity index is 1300. The number of aliphatic imine (C=N–C) groups is 1. The Morgan fingerprint density at radius 2 is 2.00 bits per heavy atom. The SMILES string of the molecule is N/C(=C\C(=NCc1ccccc1F)c1ccon1)c1ncc(-c2ccccn2)c(=O)[nH]1. The van der Waals surface area contributed by atoms with E-state index in [1.807, 2.05) is 0 Å². The number of hydrogen-bond acceptors (Lipinski definition) is 7. The smallest absolute Gasteiger partial charge is 0.260 e. The number of nitrogens with one attached hydrogen (secondary N) is 1. The van der Waals surface area contributed by atoms with Gasteiger partial charge in [-0.15, -0.1) is 0 Å². The maximum absolute atomic E-state index is 13.9. The first kappa shape index (κ1) is 19.9. The molecule has 9 heteroatoms. The van der Waals surface area contributed by atoms with Crippen LogP contribution >= 0.6 is 0 Å². The molecule has 154 valence electrons. The van der Waals surface area contributed by atoms with Crippen LogP contribution in [0.3, 0.4) is 0 Å². The second-order valence-electron chi connectivity index (χ2n) is 6.47. The van der Waals surface area contributed by atoms with E-state index in [0.717, 1.165) is 0 Å². The third kappa shape index (κ3) is 4.61. The van der Waals surface area contributed by atoms with Gasteiger partial charge in [-0.05, 0) is 24.3 Å². The molecule has 4 rings (SSSR count). The number of aromatic nitrogens is 4. The topological polar surface area (TPSA) is 123 Å². The summed E-state index contributed by atoms with van der Waals surface area (Å²) in [7, 11) is 0. The van der Waals surface area contributed by atoms with Crippen LogP contribution in [-0.2, 0) is 6.54 Å². The van der Waals surface area contributed by atoms with Gasteiger partial charge in [0, 0.05) is 24.0 Å². The van der Waals surface area contributed by atoms with E-state index in [9.17, 15) is 9.18 Å². The summed E-state index contributed by atoms with van der Waals surface area (Å²) in [6, 6.07) is 13.2. The van der Waals surface area contributed by atoms with Crippen molar-refractivity contribution in [2.75, 3.05) is 0 Å².